The molecule has 0 aromatic heterocycles. The van der Waals surface area contributed by atoms with Crippen LogP contribution in [-0.2, 0) is 11.3 Å². The van der Waals surface area contributed by atoms with Crippen LogP contribution in [0.3, 0.4) is 0 Å². The van der Waals surface area contributed by atoms with Crippen molar-refractivity contribution in [3.05, 3.63) is 35.4 Å². The van der Waals surface area contributed by atoms with Crippen molar-refractivity contribution in [1.29, 1.82) is 0 Å². The number of urea groups is 1. The Morgan fingerprint density at radius 1 is 1.04 bits per heavy atom. The van der Waals surface area contributed by atoms with Crippen molar-refractivity contribution < 1.29 is 9.59 Å². The molecule has 1 aromatic carbocycles. The summed E-state index contributed by atoms with van der Waals surface area (Å²) < 4.78 is 0. The maximum atomic E-state index is 12.5. The number of benzene rings is 1. The highest BCUT2D eigenvalue weighted by Crippen LogP contribution is 2.20. The third-order valence-electron chi connectivity index (χ3n) is 5.03. The summed E-state index contributed by atoms with van der Waals surface area (Å²) in [5, 5.41) is 3.03. The smallest absolute Gasteiger partial charge is 0.320 e. The predicted molar refractivity (Wildman–Crippen MR) is 93.5 cm³/mol. The number of piperidine rings is 1. The maximum absolute atomic E-state index is 12.5. The van der Waals surface area contributed by atoms with E-state index in [9.17, 15) is 9.59 Å². The molecule has 3 rings (SSSR count). The lowest BCUT2D eigenvalue weighted by Gasteiger charge is -2.34. The minimum atomic E-state index is -0.0873. The van der Waals surface area contributed by atoms with Crippen molar-refractivity contribution in [3.63, 3.8) is 0 Å². The summed E-state index contributed by atoms with van der Waals surface area (Å²) >= 11 is 0. The number of carbonyl (C=O) groups excluding carboxylic acids is 2. The molecule has 0 bridgehead atoms. The summed E-state index contributed by atoms with van der Waals surface area (Å²) in [6, 6.07) is 8.31. The Morgan fingerprint density at radius 2 is 1.71 bits per heavy atom. The molecule has 0 spiro atoms. The van der Waals surface area contributed by atoms with Crippen molar-refractivity contribution in [2.75, 3.05) is 26.2 Å². The standard InChI is InChI=1S/C19H27N3O2/c1-15-6-8-16(9-7-15)13-20-18(23)17-5-4-12-22(14-17)19(24)21-10-2-3-11-21/h6-9,17H,2-5,10-14H2,1H3,(H,20,23). The van der Waals surface area contributed by atoms with Crippen LogP contribution in [0.5, 0.6) is 0 Å². The predicted octanol–water partition coefficient (Wildman–Crippen LogP) is 2.54. The first-order valence-electron chi connectivity index (χ1n) is 9.00. The topological polar surface area (TPSA) is 52.7 Å². The molecule has 2 heterocycles. The van der Waals surface area contributed by atoms with E-state index in [0.29, 0.717) is 13.1 Å². The van der Waals surface area contributed by atoms with Crippen molar-refractivity contribution in [2.24, 2.45) is 5.92 Å². The molecule has 2 fully saturated rings. The highest BCUT2D eigenvalue weighted by Gasteiger charge is 2.31. The van der Waals surface area contributed by atoms with Crippen molar-refractivity contribution in [1.82, 2.24) is 15.1 Å². The van der Waals surface area contributed by atoms with Gasteiger partial charge in [0.2, 0.25) is 5.91 Å². The summed E-state index contributed by atoms with van der Waals surface area (Å²) in [6.07, 6.45) is 3.96. The zero-order valence-electron chi connectivity index (χ0n) is 14.5. The van der Waals surface area contributed by atoms with E-state index in [1.165, 1.54) is 5.56 Å². The molecule has 2 aliphatic heterocycles. The molecule has 24 heavy (non-hydrogen) atoms. The number of amides is 3. The SMILES string of the molecule is Cc1ccc(CNC(=O)C2CCCN(C(=O)N3CCCC3)C2)cc1. The number of nitrogens with one attached hydrogen (secondary N) is 1. The van der Waals surface area contributed by atoms with E-state index in [4.69, 9.17) is 0 Å². The van der Waals surface area contributed by atoms with Gasteiger partial charge in [-0.05, 0) is 38.2 Å². The van der Waals surface area contributed by atoms with Gasteiger partial charge in [0, 0.05) is 32.7 Å². The Labute approximate surface area is 144 Å². The molecule has 0 saturated carbocycles. The zero-order chi connectivity index (χ0) is 16.9. The first kappa shape index (κ1) is 16.8. The Hall–Kier alpha value is -2.04. The van der Waals surface area contributed by atoms with Crippen molar-refractivity contribution >= 4 is 11.9 Å². The van der Waals surface area contributed by atoms with Gasteiger partial charge < -0.3 is 15.1 Å². The number of rotatable bonds is 3. The Balaban J connectivity index is 1.51. The van der Waals surface area contributed by atoms with Crippen LogP contribution in [-0.4, -0.2) is 47.9 Å². The molecule has 1 unspecified atom stereocenters. The Bertz CT molecular complexity index is 579. The van der Waals surface area contributed by atoms with Crippen LogP contribution >= 0.6 is 0 Å². The molecule has 1 aromatic rings. The van der Waals surface area contributed by atoms with Crippen LogP contribution in [0.2, 0.25) is 0 Å². The van der Waals surface area contributed by atoms with Gasteiger partial charge in [-0.1, -0.05) is 29.8 Å². The van der Waals surface area contributed by atoms with Gasteiger partial charge in [0.25, 0.3) is 0 Å². The Morgan fingerprint density at radius 3 is 2.42 bits per heavy atom. The number of hydrogen-bond acceptors (Lipinski definition) is 2. The van der Waals surface area contributed by atoms with Gasteiger partial charge in [-0.2, -0.15) is 0 Å². The molecule has 3 amide bonds. The largest absolute Gasteiger partial charge is 0.352 e. The van der Waals surface area contributed by atoms with E-state index >= 15 is 0 Å². The van der Waals surface area contributed by atoms with E-state index in [-0.39, 0.29) is 17.9 Å². The molecule has 130 valence electrons. The second-order valence-electron chi connectivity index (χ2n) is 6.97. The molecule has 1 N–H and O–H groups in total. The number of likely N-dealkylation sites (tertiary alicyclic amines) is 2. The lowest BCUT2D eigenvalue weighted by Crippen LogP contribution is -2.49. The van der Waals surface area contributed by atoms with Crippen LogP contribution in [0.15, 0.2) is 24.3 Å². The molecule has 0 radical (unpaired) electrons. The van der Waals surface area contributed by atoms with Crippen LogP contribution in [0.1, 0.15) is 36.8 Å². The molecular formula is C19H27N3O2. The van der Waals surface area contributed by atoms with Gasteiger partial charge in [0.05, 0.1) is 5.92 Å². The molecule has 2 aliphatic rings. The van der Waals surface area contributed by atoms with Gasteiger partial charge in [0.1, 0.15) is 0 Å². The zero-order valence-corrected chi connectivity index (χ0v) is 14.5. The maximum Gasteiger partial charge on any atom is 0.320 e. The summed E-state index contributed by atoms with van der Waals surface area (Å²) in [6.45, 7) is 5.65. The van der Waals surface area contributed by atoms with Crippen molar-refractivity contribution in [3.8, 4) is 0 Å². The first-order chi connectivity index (χ1) is 11.6. The minimum Gasteiger partial charge on any atom is -0.352 e. The van der Waals surface area contributed by atoms with Crippen LogP contribution < -0.4 is 5.32 Å². The summed E-state index contributed by atoms with van der Waals surface area (Å²) in [5.74, 6) is -0.0229. The van der Waals surface area contributed by atoms with Crippen LogP contribution in [0.4, 0.5) is 4.79 Å². The highest BCUT2D eigenvalue weighted by atomic mass is 16.2. The summed E-state index contributed by atoms with van der Waals surface area (Å²) in [4.78, 5) is 28.8. The monoisotopic (exact) mass is 329 g/mol. The normalized spacial score (nSPS) is 21.0. The van der Waals surface area contributed by atoms with Crippen LogP contribution in [0, 0.1) is 12.8 Å². The minimum absolute atomic E-state index is 0.0643. The van der Waals surface area contributed by atoms with E-state index in [1.54, 1.807) is 0 Å². The fraction of sp³-hybridized carbons (Fsp3) is 0.579. The number of carbonyl (C=O) groups is 2. The third kappa shape index (κ3) is 4.08. The quantitative estimate of drug-likeness (QED) is 0.926. The fourth-order valence-electron chi connectivity index (χ4n) is 3.51. The van der Waals surface area contributed by atoms with E-state index in [0.717, 1.165) is 50.9 Å². The molecule has 5 heteroatoms. The lowest BCUT2D eigenvalue weighted by molar-refractivity contribution is -0.126. The van der Waals surface area contributed by atoms with Gasteiger partial charge in [0.15, 0.2) is 0 Å². The van der Waals surface area contributed by atoms with E-state index < -0.39 is 0 Å². The average Bonchev–Trinajstić information content (AvgIpc) is 3.15. The van der Waals surface area contributed by atoms with E-state index in [2.05, 4.69) is 24.4 Å². The third-order valence-corrected chi connectivity index (χ3v) is 5.03. The number of hydrogen-bond donors (Lipinski definition) is 1. The lowest BCUT2D eigenvalue weighted by atomic mass is 9.97. The van der Waals surface area contributed by atoms with Crippen molar-refractivity contribution in [2.45, 2.75) is 39.2 Å². The summed E-state index contributed by atoms with van der Waals surface area (Å²) in [7, 11) is 0. The molecular weight excluding hydrogens is 302 g/mol. The first-order valence-corrected chi connectivity index (χ1v) is 9.00. The van der Waals surface area contributed by atoms with E-state index in [1.807, 2.05) is 21.9 Å². The molecule has 1 atom stereocenters. The average molecular weight is 329 g/mol. The van der Waals surface area contributed by atoms with Crippen LogP contribution in [0.25, 0.3) is 0 Å². The summed E-state index contributed by atoms with van der Waals surface area (Å²) in [5.41, 5.74) is 2.32. The Kier molecular flexibility index (Phi) is 5.38. The van der Waals surface area contributed by atoms with Gasteiger partial charge in [-0.25, -0.2) is 4.79 Å². The van der Waals surface area contributed by atoms with Gasteiger partial charge >= 0.3 is 6.03 Å². The molecule has 0 aliphatic carbocycles. The second kappa shape index (κ2) is 7.69. The molecule has 5 nitrogen and oxygen atoms in total. The highest BCUT2D eigenvalue weighted by molar-refractivity contribution is 5.81. The number of aryl methyl sites for hydroxylation is 1. The fourth-order valence-corrected chi connectivity index (χ4v) is 3.51. The molecule has 2 saturated heterocycles. The van der Waals surface area contributed by atoms with Gasteiger partial charge in [-0.15, -0.1) is 0 Å². The number of nitrogens with zero attached hydrogens (tertiary/aromatic N) is 2. The van der Waals surface area contributed by atoms with Gasteiger partial charge in [-0.3, -0.25) is 4.79 Å². The second-order valence-corrected chi connectivity index (χ2v) is 6.97.